The van der Waals surface area contributed by atoms with E-state index in [1.807, 2.05) is 6.92 Å². The molecule has 0 spiro atoms. The summed E-state index contributed by atoms with van der Waals surface area (Å²) in [6.45, 7) is 5.17. The van der Waals surface area contributed by atoms with Crippen LogP contribution in [0.25, 0.3) is 0 Å². The van der Waals surface area contributed by atoms with Gasteiger partial charge in [0, 0.05) is 23.2 Å². The van der Waals surface area contributed by atoms with Crippen molar-refractivity contribution < 1.29 is 33.4 Å². The van der Waals surface area contributed by atoms with E-state index in [0.717, 1.165) is 4.90 Å². The second-order valence-electron chi connectivity index (χ2n) is 9.29. The molecule has 2 heterocycles. The molecule has 2 aromatic rings. The number of carbonyl (C=O) groups excluding carboxylic acids is 4. The maximum atomic E-state index is 14.0. The van der Waals surface area contributed by atoms with E-state index in [0.29, 0.717) is 41.2 Å². The van der Waals surface area contributed by atoms with E-state index in [9.17, 15) is 19.2 Å². The lowest BCUT2D eigenvalue weighted by Crippen LogP contribution is -2.56. The Morgan fingerprint density at radius 3 is 2.41 bits per heavy atom. The minimum absolute atomic E-state index is 0.131. The number of Topliss-reactive ketones (excluding diaryl/α,β-unsaturated/α-hetero) is 1. The van der Waals surface area contributed by atoms with Crippen LogP contribution in [0.1, 0.15) is 55.6 Å². The largest absolute Gasteiger partial charge is 0.497 e. The van der Waals surface area contributed by atoms with Gasteiger partial charge in [-0.3, -0.25) is 24.5 Å². The molecule has 4 rings (SSSR count). The van der Waals surface area contributed by atoms with E-state index in [-0.39, 0.29) is 12.4 Å². The van der Waals surface area contributed by atoms with Crippen LogP contribution in [-0.4, -0.2) is 49.9 Å². The number of anilines is 1. The van der Waals surface area contributed by atoms with Crippen molar-refractivity contribution in [3.63, 3.8) is 0 Å². The molecule has 0 saturated carbocycles. The second-order valence-corrected chi connectivity index (χ2v) is 9.29. The highest BCUT2D eigenvalue weighted by atomic mass is 16.5. The molecule has 1 N–H and O–H groups in total. The van der Waals surface area contributed by atoms with Crippen molar-refractivity contribution in [3.05, 3.63) is 53.6 Å². The number of hydrogen-bond acceptors (Lipinski definition) is 8. The van der Waals surface area contributed by atoms with Crippen LogP contribution >= 0.6 is 0 Å². The van der Waals surface area contributed by atoms with Gasteiger partial charge in [0.15, 0.2) is 5.78 Å². The number of fused-ring (bicyclic) bond motifs is 1. The van der Waals surface area contributed by atoms with Gasteiger partial charge in [0.2, 0.25) is 11.8 Å². The number of carbonyl (C=O) groups is 4. The molecule has 0 radical (unpaired) electrons. The zero-order valence-corrected chi connectivity index (χ0v) is 21.7. The summed E-state index contributed by atoms with van der Waals surface area (Å²) >= 11 is 0. The topological polar surface area (TPSA) is 111 Å². The molecule has 2 fully saturated rings. The number of benzene rings is 2. The number of ether oxygens (including phenoxy) is 3. The number of rotatable bonds is 9. The van der Waals surface area contributed by atoms with Crippen molar-refractivity contribution in [3.8, 4) is 11.5 Å². The number of imide groups is 1. The van der Waals surface area contributed by atoms with Crippen LogP contribution < -0.4 is 19.7 Å². The van der Waals surface area contributed by atoms with Gasteiger partial charge < -0.3 is 14.2 Å². The Morgan fingerprint density at radius 2 is 1.78 bits per heavy atom. The van der Waals surface area contributed by atoms with Crippen molar-refractivity contribution >= 4 is 29.3 Å². The molecule has 2 saturated heterocycles. The first-order valence-corrected chi connectivity index (χ1v) is 12.4. The Morgan fingerprint density at radius 1 is 1.03 bits per heavy atom. The van der Waals surface area contributed by atoms with Crippen LogP contribution in [0.15, 0.2) is 42.5 Å². The maximum Gasteiger partial charge on any atom is 0.327 e. The van der Waals surface area contributed by atoms with Crippen molar-refractivity contribution in [1.82, 2.24) is 5.32 Å². The monoisotopic (exact) mass is 508 g/mol. The molecule has 2 aromatic carbocycles. The molecule has 9 heteroatoms. The lowest BCUT2D eigenvalue weighted by Gasteiger charge is -2.33. The highest BCUT2D eigenvalue weighted by Crippen LogP contribution is 2.53. The number of nitrogens with one attached hydrogen (secondary N) is 1. The lowest BCUT2D eigenvalue weighted by molar-refractivity contribution is -0.155. The molecule has 0 bridgehead atoms. The molecule has 2 amide bonds. The first-order chi connectivity index (χ1) is 17.7. The fraction of sp³-hybridized carbons (Fsp3) is 0.429. The second kappa shape index (κ2) is 10.3. The van der Waals surface area contributed by atoms with Gasteiger partial charge in [0.1, 0.15) is 17.0 Å². The molecule has 0 aromatic heterocycles. The standard InChI is InChI=1S/C28H32N2O7/c1-6-13-28(27(34)37-7-2)23-22(24(29-28)20-12-11-19(35-4)15-21(20)36-5)25(32)30(26(23)33)18-10-8-9-17(14-18)16(3)31/h8-12,14-15,22-24,29H,6-7,13H2,1-5H3/t22-,23-,24+,28-/m0/s1. The molecular weight excluding hydrogens is 476 g/mol. The van der Waals surface area contributed by atoms with E-state index >= 15 is 0 Å². The van der Waals surface area contributed by atoms with E-state index in [2.05, 4.69) is 5.32 Å². The van der Waals surface area contributed by atoms with Crippen LogP contribution in [0.3, 0.4) is 0 Å². The Kier molecular flexibility index (Phi) is 7.36. The van der Waals surface area contributed by atoms with E-state index in [1.165, 1.54) is 27.2 Å². The van der Waals surface area contributed by atoms with Crippen molar-refractivity contribution in [2.45, 2.75) is 45.2 Å². The van der Waals surface area contributed by atoms with Crippen LogP contribution in [0.4, 0.5) is 5.69 Å². The summed E-state index contributed by atoms with van der Waals surface area (Å²) in [6.07, 6.45) is 0.866. The minimum Gasteiger partial charge on any atom is -0.497 e. The molecule has 9 nitrogen and oxygen atoms in total. The fourth-order valence-electron chi connectivity index (χ4n) is 5.64. The fourth-order valence-corrected chi connectivity index (χ4v) is 5.64. The Bertz CT molecular complexity index is 1240. The number of nitrogens with zero attached hydrogens (tertiary/aromatic N) is 1. The summed E-state index contributed by atoms with van der Waals surface area (Å²) < 4.78 is 16.4. The molecule has 37 heavy (non-hydrogen) atoms. The van der Waals surface area contributed by atoms with Crippen LogP contribution in [0.2, 0.25) is 0 Å². The predicted molar refractivity (Wildman–Crippen MR) is 136 cm³/mol. The number of hydrogen-bond donors (Lipinski definition) is 1. The predicted octanol–water partition coefficient (Wildman–Crippen LogP) is 3.46. The summed E-state index contributed by atoms with van der Waals surface area (Å²) in [5.41, 5.74) is -0.107. The number of amides is 2. The highest BCUT2D eigenvalue weighted by Gasteiger charge is 2.69. The van der Waals surface area contributed by atoms with Gasteiger partial charge in [-0.25, -0.2) is 4.90 Å². The van der Waals surface area contributed by atoms with Crippen molar-refractivity contribution in [2.24, 2.45) is 11.8 Å². The molecule has 4 atom stereocenters. The van der Waals surface area contributed by atoms with E-state index in [4.69, 9.17) is 14.2 Å². The first-order valence-electron chi connectivity index (χ1n) is 12.4. The number of esters is 1. The third-order valence-corrected chi connectivity index (χ3v) is 7.22. The van der Waals surface area contributed by atoms with Crippen LogP contribution in [-0.2, 0) is 19.1 Å². The van der Waals surface area contributed by atoms with Crippen LogP contribution in [0.5, 0.6) is 11.5 Å². The quantitative estimate of drug-likeness (QED) is 0.312. The average molecular weight is 509 g/mol. The van der Waals surface area contributed by atoms with Gasteiger partial charge in [0.25, 0.3) is 0 Å². The van der Waals surface area contributed by atoms with Gasteiger partial charge >= 0.3 is 5.97 Å². The Balaban J connectivity index is 1.90. The van der Waals surface area contributed by atoms with Gasteiger partial charge in [-0.05, 0) is 38.5 Å². The van der Waals surface area contributed by atoms with Gasteiger partial charge in [-0.15, -0.1) is 0 Å². The maximum absolute atomic E-state index is 14.0. The van der Waals surface area contributed by atoms with E-state index < -0.39 is 41.2 Å². The molecular formula is C28H32N2O7. The van der Waals surface area contributed by atoms with Gasteiger partial charge in [0.05, 0.1) is 38.3 Å². The zero-order chi connectivity index (χ0) is 26.9. The molecule has 0 unspecified atom stereocenters. The van der Waals surface area contributed by atoms with Crippen molar-refractivity contribution in [2.75, 3.05) is 25.7 Å². The third kappa shape index (κ3) is 4.27. The summed E-state index contributed by atoms with van der Waals surface area (Å²) in [5, 5.41) is 3.37. The van der Waals surface area contributed by atoms with Crippen LogP contribution in [0, 0.1) is 11.8 Å². The summed E-state index contributed by atoms with van der Waals surface area (Å²) in [5.74, 6) is -2.57. The summed E-state index contributed by atoms with van der Waals surface area (Å²) in [7, 11) is 3.05. The highest BCUT2D eigenvalue weighted by molar-refractivity contribution is 6.24. The summed E-state index contributed by atoms with van der Waals surface area (Å²) in [6, 6.07) is 10.9. The first kappa shape index (κ1) is 26.3. The smallest absolute Gasteiger partial charge is 0.327 e. The molecule has 196 valence electrons. The molecule has 2 aliphatic rings. The Hall–Kier alpha value is -3.72. The van der Waals surface area contributed by atoms with Gasteiger partial charge in [-0.1, -0.05) is 31.5 Å². The minimum atomic E-state index is -1.41. The molecule has 2 aliphatic heterocycles. The van der Waals surface area contributed by atoms with Crippen molar-refractivity contribution in [1.29, 1.82) is 0 Å². The third-order valence-electron chi connectivity index (χ3n) is 7.22. The average Bonchev–Trinajstić information content (AvgIpc) is 3.37. The number of ketones is 1. The zero-order valence-electron chi connectivity index (χ0n) is 21.7. The van der Waals surface area contributed by atoms with Gasteiger partial charge in [-0.2, -0.15) is 0 Å². The SMILES string of the molecule is CCC[C@]1(C(=O)OCC)N[C@H](c2ccc(OC)cc2OC)[C@H]2C(=O)N(c3cccc(C(C)=O)c3)C(=O)[C@H]21. The summed E-state index contributed by atoms with van der Waals surface area (Å²) in [4.78, 5) is 54.7. The van der Waals surface area contributed by atoms with E-state index in [1.54, 1.807) is 43.3 Å². The number of methoxy groups -OCH3 is 2. The lowest BCUT2D eigenvalue weighted by atomic mass is 9.77. The Labute approximate surface area is 216 Å². The normalized spacial score (nSPS) is 24.7. The molecule has 0 aliphatic carbocycles.